The number of carboxylic acid groups (broad SMARTS) is 1. The number of ether oxygens (including phenoxy) is 1. The molecular weight excluding hydrogens is 441 g/mol. The number of alkyl halides is 3. The van der Waals surface area contributed by atoms with Crippen LogP contribution in [-0.4, -0.2) is 44.5 Å². The Morgan fingerprint density at radius 3 is 2.52 bits per heavy atom. The number of carboxylic acids is 1. The molecule has 0 aliphatic heterocycles. The fourth-order valence-electron chi connectivity index (χ4n) is 3.90. The van der Waals surface area contributed by atoms with Crippen LogP contribution in [0.3, 0.4) is 0 Å². The second-order valence-electron chi connectivity index (χ2n) is 7.47. The van der Waals surface area contributed by atoms with Gasteiger partial charge in [0.25, 0.3) is 0 Å². The molecular formula is C22H19F3N4O4. The number of hydrogen-bond acceptors (Lipinski definition) is 6. The molecule has 1 aromatic carbocycles. The number of aryl methyl sites for hydroxylation is 2. The molecule has 0 amide bonds. The Hall–Kier alpha value is -3.73. The minimum absolute atomic E-state index is 0.0714. The molecule has 3 aromatic rings. The highest BCUT2D eigenvalue weighted by atomic mass is 19.4. The number of aromatic nitrogens is 3. The second-order valence-corrected chi connectivity index (χ2v) is 7.47. The van der Waals surface area contributed by atoms with E-state index in [9.17, 15) is 27.9 Å². The van der Waals surface area contributed by atoms with Gasteiger partial charge in [0.1, 0.15) is 11.4 Å². The largest absolute Gasteiger partial charge is 0.491 e. The smallest absolute Gasteiger partial charge is 0.477 e. The molecule has 0 saturated heterocycles. The number of aromatic carboxylic acids is 1. The van der Waals surface area contributed by atoms with Crippen molar-refractivity contribution < 1.29 is 32.6 Å². The minimum Gasteiger partial charge on any atom is -0.477 e. The summed E-state index contributed by atoms with van der Waals surface area (Å²) in [5.41, 5.74) is 8.50. The summed E-state index contributed by atoms with van der Waals surface area (Å²) >= 11 is 0. The number of benzene rings is 1. The van der Waals surface area contributed by atoms with Crippen molar-refractivity contribution in [3.8, 4) is 28.1 Å². The Morgan fingerprint density at radius 2 is 1.88 bits per heavy atom. The summed E-state index contributed by atoms with van der Waals surface area (Å²) < 4.78 is 44.7. The summed E-state index contributed by atoms with van der Waals surface area (Å²) in [6.45, 7) is 0.680. The number of halogens is 3. The average molecular weight is 460 g/mol. The number of pyridine rings is 1. The maximum Gasteiger partial charge on any atom is 0.491 e. The van der Waals surface area contributed by atoms with Gasteiger partial charge in [0.15, 0.2) is 0 Å². The van der Waals surface area contributed by atoms with Gasteiger partial charge in [0.2, 0.25) is 0 Å². The molecule has 0 unspecified atom stereocenters. The summed E-state index contributed by atoms with van der Waals surface area (Å²) in [7, 11) is 0. The standard InChI is InChI=1S/C22H19F3N4O4/c23-22(24,25)21(32)33-17-10-13-2-3-14-18(28-29(9-1-6-26)19(14)20(30)31)16(13)11-15(17)12-4-7-27-8-5-12/h4-5,7-8,10-11H,1-3,6,9,26H2,(H,30,31). The zero-order valence-electron chi connectivity index (χ0n) is 17.2. The van der Waals surface area contributed by atoms with E-state index in [-0.39, 0.29) is 17.0 Å². The molecule has 33 heavy (non-hydrogen) atoms. The summed E-state index contributed by atoms with van der Waals surface area (Å²) in [4.78, 5) is 27.4. The van der Waals surface area contributed by atoms with E-state index in [0.717, 1.165) is 0 Å². The van der Waals surface area contributed by atoms with Crippen LogP contribution in [0.1, 0.15) is 28.0 Å². The number of carbonyl (C=O) groups is 2. The van der Waals surface area contributed by atoms with Crippen LogP contribution in [0.2, 0.25) is 0 Å². The van der Waals surface area contributed by atoms with Crippen LogP contribution in [0, 0.1) is 0 Å². The maximum atomic E-state index is 12.9. The Labute approximate surface area is 185 Å². The molecule has 2 heterocycles. The Balaban J connectivity index is 1.88. The van der Waals surface area contributed by atoms with E-state index >= 15 is 0 Å². The van der Waals surface area contributed by atoms with Crippen LogP contribution in [-0.2, 0) is 24.2 Å². The van der Waals surface area contributed by atoms with E-state index in [4.69, 9.17) is 10.5 Å². The fourth-order valence-corrected chi connectivity index (χ4v) is 3.90. The zero-order valence-corrected chi connectivity index (χ0v) is 17.2. The molecule has 0 atom stereocenters. The first-order valence-electron chi connectivity index (χ1n) is 10.1. The third kappa shape index (κ3) is 4.31. The lowest BCUT2D eigenvalue weighted by molar-refractivity contribution is -0.189. The van der Waals surface area contributed by atoms with Gasteiger partial charge >= 0.3 is 18.1 Å². The highest BCUT2D eigenvalue weighted by Gasteiger charge is 2.42. The topological polar surface area (TPSA) is 120 Å². The molecule has 0 fully saturated rings. The number of carbonyl (C=O) groups excluding carboxylic acids is 1. The summed E-state index contributed by atoms with van der Waals surface area (Å²) in [6, 6.07) is 6.10. The van der Waals surface area contributed by atoms with Gasteiger partial charge in [-0.25, -0.2) is 9.59 Å². The summed E-state index contributed by atoms with van der Waals surface area (Å²) in [5.74, 6) is -3.69. The van der Waals surface area contributed by atoms with E-state index in [1.54, 1.807) is 18.2 Å². The van der Waals surface area contributed by atoms with Gasteiger partial charge in [-0.3, -0.25) is 9.67 Å². The molecule has 1 aliphatic carbocycles. The van der Waals surface area contributed by atoms with Crippen LogP contribution in [0.25, 0.3) is 22.4 Å². The molecule has 0 saturated carbocycles. The van der Waals surface area contributed by atoms with Crippen molar-refractivity contribution in [3.63, 3.8) is 0 Å². The molecule has 172 valence electrons. The Kier molecular flexibility index (Phi) is 5.90. The quantitative estimate of drug-likeness (QED) is 0.428. The number of esters is 1. The monoisotopic (exact) mass is 460 g/mol. The maximum absolute atomic E-state index is 12.9. The van der Waals surface area contributed by atoms with Gasteiger partial charge in [-0.2, -0.15) is 18.3 Å². The lowest BCUT2D eigenvalue weighted by atomic mass is 9.86. The first kappa shape index (κ1) is 22.5. The third-order valence-electron chi connectivity index (χ3n) is 5.36. The van der Waals surface area contributed by atoms with Gasteiger partial charge in [0, 0.05) is 35.6 Å². The van der Waals surface area contributed by atoms with E-state index in [0.29, 0.717) is 60.3 Å². The van der Waals surface area contributed by atoms with Gasteiger partial charge < -0.3 is 15.6 Å². The first-order valence-corrected chi connectivity index (χ1v) is 10.1. The zero-order chi connectivity index (χ0) is 23.8. The van der Waals surface area contributed by atoms with E-state index in [1.165, 1.54) is 23.1 Å². The third-order valence-corrected chi connectivity index (χ3v) is 5.36. The van der Waals surface area contributed by atoms with Crippen molar-refractivity contribution in [2.24, 2.45) is 5.73 Å². The molecule has 11 heteroatoms. The number of nitrogens with zero attached hydrogens (tertiary/aromatic N) is 3. The van der Waals surface area contributed by atoms with Gasteiger partial charge in [0.05, 0.1) is 5.69 Å². The van der Waals surface area contributed by atoms with E-state index < -0.39 is 18.1 Å². The highest BCUT2D eigenvalue weighted by Crippen LogP contribution is 2.42. The fraction of sp³-hybridized carbons (Fsp3) is 0.273. The van der Waals surface area contributed by atoms with Crippen LogP contribution in [0.5, 0.6) is 5.75 Å². The minimum atomic E-state index is -5.16. The van der Waals surface area contributed by atoms with Crippen molar-refractivity contribution in [1.29, 1.82) is 0 Å². The van der Waals surface area contributed by atoms with Crippen LogP contribution >= 0.6 is 0 Å². The predicted octanol–water partition coefficient (Wildman–Crippen LogP) is 3.23. The number of nitrogens with two attached hydrogens (primary N) is 1. The number of fused-ring (bicyclic) bond motifs is 3. The van der Waals surface area contributed by atoms with E-state index in [1.807, 2.05) is 0 Å². The molecule has 3 N–H and O–H groups in total. The summed E-state index contributed by atoms with van der Waals surface area (Å²) in [5, 5.41) is 14.2. The highest BCUT2D eigenvalue weighted by molar-refractivity contribution is 5.92. The molecule has 8 nitrogen and oxygen atoms in total. The Morgan fingerprint density at radius 1 is 1.15 bits per heavy atom. The second kappa shape index (κ2) is 8.66. The van der Waals surface area contributed by atoms with E-state index in [2.05, 4.69) is 10.1 Å². The molecule has 1 aliphatic rings. The SMILES string of the molecule is NCCCn1nc2c(c1C(=O)O)CCc1cc(OC(=O)C(F)(F)F)c(-c3ccncc3)cc1-2. The van der Waals surface area contributed by atoms with Gasteiger partial charge in [-0.05, 0) is 61.2 Å². The Bertz CT molecular complexity index is 1220. The normalized spacial score (nSPS) is 12.7. The predicted molar refractivity (Wildman–Crippen MR) is 111 cm³/mol. The van der Waals surface area contributed by atoms with Gasteiger partial charge in [-0.1, -0.05) is 0 Å². The molecule has 0 radical (unpaired) electrons. The van der Waals surface area contributed by atoms with Crippen molar-refractivity contribution >= 4 is 11.9 Å². The van der Waals surface area contributed by atoms with Crippen molar-refractivity contribution in [3.05, 3.63) is 53.5 Å². The van der Waals surface area contributed by atoms with Crippen molar-refractivity contribution in [2.45, 2.75) is 32.0 Å². The molecule has 0 bridgehead atoms. The van der Waals surface area contributed by atoms with Crippen LogP contribution in [0.4, 0.5) is 13.2 Å². The van der Waals surface area contributed by atoms with Crippen LogP contribution in [0.15, 0.2) is 36.7 Å². The summed E-state index contributed by atoms with van der Waals surface area (Å²) in [6.07, 6.45) is -1.04. The average Bonchev–Trinajstić information content (AvgIpc) is 3.16. The number of hydrogen-bond donors (Lipinski definition) is 2. The molecule has 0 spiro atoms. The lowest BCUT2D eigenvalue weighted by Crippen LogP contribution is -2.28. The van der Waals surface area contributed by atoms with Crippen LogP contribution < -0.4 is 10.5 Å². The number of rotatable bonds is 6. The van der Waals surface area contributed by atoms with Gasteiger partial charge in [-0.15, -0.1) is 0 Å². The molecule has 2 aromatic heterocycles. The van der Waals surface area contributed by atoms with Crippen molar-refractivity contribution in [2.75, 3.05) is 6.54 Å². The first-order chi connectivity index (χ1) is 15.7. The lowest BCUT2D eigenvalue weighted by Gasteiger charge is -2.20. The van der Waals surface area contributed by atoms with Crippen molar-refractivity contribution in [1.82, 2.24) is 14.8 Å². The molecule has 4 rings (SSSR count).